The second kappa shape index (κ2) is 4.65. The lowest BCUT2D eigenvalue weighted by Gasteiger charge is -2.05. The highest BCUT2D eigenvalue weighted by Gasteiger charge is 2.07. The van der Waals surface area contributed by atoms with Crippen molar-refractivity contribution >= 4 is 11.6 Å². The first-order valence-corrected chi connectivity index (χ1v) is 5.17. The Morgan fingerprint density at radius 3 is 2.82 bits per heavy atom. The van der Waals surface area contributed by atoms with E-state index in [-0.39, 0.29) is 11.7 Å². The molecule has 0 aliphatic heterocycles. The van der Waals surface area contributed by atoms with Gasteiger partial charge in [-0.1, -0.05) is 12.1 Å². The molecule has 0 radical (unpaired) electrons. The van der Waals surface area contributed by atoms with Gasteiger partial charge in [0.1, 0.15) is 5.75 Å². The Balaban J connectivity index is 2.17. The van der Waals surface area contributed by atoms with Gasteiger partial charge in [0.15, 0.2) is 0 Å². The van der Waals surface area contributed by atoms with Crippen LogP contribution in [0.3, 0.4) is 0 Å². The number of carbonyl (C=O) groups is 1. The lowest BCUT2D eigenvalue weighted by Crippen LogP contribution is -2.12. The number of pyridine rings is 1. The lowest BCUT2D eigenvalue weighted by atomic mass is 10.2. The SMILES string of the molecule is Cc1cccc(NC(=O)c2cncc(O)c2)c1. The number of rotatable bonds is 2. The molecule has 2 rings (SSSR count). The predicted molar refractivity (Wildman–Crippen MR) is 65.0 cm³/mol. The summed E-state index contributed by atoms with van der Waals surface area (Å²) in [6, 6.07) is 8.87. The minimum atomic E-state index is -0.293. The molecule has 2 N–H and O–H groups in total. The molecule has 4 nitrogen and oxygen atoms in total. The average molecular weight is 228 g/mol. The van der Waals surface area contributed by atoms with Crippen LogP contribution in [0.2, 0.25) is 0 Å². The number of carbonyl (C=O) groups excluding carboxylic acids is 1. The highest BCUT2D eigenvalue weighted by molar-refractivity contribution is 6.04. The number of amides is 1. The van der Waals surface area contributed by atoms with Crippen molar-refractivity contribution in [3.05, 3.63) is 53.9 Å². The molecule has 0 spiro atoms. The molecule has 17 heavy (non-hydrogen) atoms. The van der Waals surface area contributed by atoms with Crippen molar-refractivity contribution in [3.63, 3.8) is 0 Å². The zero-order valence-electron chi connectivity index (χ0n) is 9.34. The fourth-order valence-corrected chi connectivity index (χ4v) is 1.48. The molecule has 1 aromatic carbocycles. The molecule has 0 unspecified atom stereocenters. The van der Waals surface area contributed by atoms with E-state index in [0.29, 0.717) is 5.56 Å². The minimum absolute atomic E-state index is 0.0260. The van der Waals surface area contributed by atoms with Crippen molar-refractivity contribution in [1.29, 1.82) is 0 Å². The maximum Gasteiger partial charge on any atom is 0.257 e. The number of hydrogen-bond donors (Lipinski definition) is 2. The summed E-state index contributed by atoms with van der Waals surface area (Å²) in [6.45, 7) is 1.95. The van der Waals surface area contributed by atoms with E-state index in [1.54, 1.807) is 6.07 Å². The average Bonchev–Trinajstić information content (AvgIpc) is 2.29. The van der Waals surface area contributed by atoms with Crippen LogP contribution in [-0.2, 0) is 0 Å². The molecular formula is C13H12N2O2. The van der Waals surface area contributed by atoms with E-state index >= 15 is 0 Å². The van der Waals surface area contributed by atoms with Gasteiger partial charge in [0.05, 0.1) is 11.8 Å². The first-order valence-electron chi connectivity index (χ1n) is 5.17. The van der Waals surface area contributed by atoms with Gasteiger partial charge in [0.2, 0.25) is 0 Å². The summed E-state index contributed by atoms with van der Waals surface area (Å²) in [4.78, 5) is 15.6. The maximum atomic E-state index is 11.8. The van der Waals surface area contributed by atoms with Gasteiger partial charge < -0.3 is 10.4 Å². The van der Waals surface area contributed by atoms with E-state index in [1.165, 1.54) is 18.5 Å². The smallest absolute Gasteiger partial charge is 0.257 e. The monoisotopic (exact) mass is 228 g/mol. The summed E-state index contributed by atoms with van der Waals surface area (Å²) >= 11 is 0. The van der Waals surface area contributed by atoms with Crippen LogP contribution < -0.4 is 5.32 Å². The second-order valence-corrected chi connectivity index (χ2v) is 3.76. The number of aromatic nitrogens is 1. The van der Waals surface area contributed by atoms with E-state index in [1.807, 2.05) is 25.1 Å². The Kier molecular flexibility index (Phi) is 3.05. The maximum absolute atomic E-state index is 11.8. The van der Waals surface area contributed by atoms with E-state index in [4.69, 9.17) is 0 Å². The normalized spacial score (nSPS) is 9.94. The Morgan fingerprint density at radius 1 is 1.29 bits per heavy atom. The van der Waals surface area contributed by atoms with Crippen LogP contribution in [0, 0.1) is 6.92 Å². The molecule has 1 heterocycles. The molecule has 0 fully saturated rings. The number of nitrogens with zero attached hydrogens (tertiary/aromatic N) is 1. The van der Waals surface area contributed by atoms with Crippen molar-refractivity contribution < 1.29 is 9.90 Å². The molecule has 0 bridgehead atoms. The molecule has 2 aromatic rings. The number of aryl methyl sites for hydroxylation is 1. The zero-order valence-corrected chi connectivity index (χ0v) is 9.34. The Morgan fingerprint density at radius 2 is 2.12 bits per heavy atom. The van der Waals surface area contributed by atoms with E-state index in [0.717, 1.165) is 11.3 Å². The third kappa shape index (κ3) is 2.81. The lowest BCUT2D eigenvalue weighted by molar-refractivity contribution is 0.102. The largest absolute Gasteiger partial charge is 0.506 e. The summed E-state index contributed by atoms with van der Waals surface area (Å²) in [5.74, 6) is -0.319. The van der Waals surface area contributed by atoms with Crippen molar-refractivity contribution in [2.45, 2.75) is 6.92 Å². The van der Waals surface area contributed by atoms with Crippen LogP contribution in [0.5, 0.6) is 5.75 Å². The molecule has 86 valence electrons. The standard InChI is InChI=1S/C13H12N2O2/c1-9-3-2-4-11(5-9)15-13(17)10-6-12(16)8-14-7-10/h2-8,16H,1H3,(H,15,17). The third-order valence-corrected chi connectivity index (χ3v) is 2.26. The van der Waals surface area contributed by atoms with Gasteiger partial charge in [-0.05, 0) is 30.7 Å². The van der Waals surface area contributed by atoms with Gasteiger partial charge in [-0.3, -0.25) is 9.78 Å². The van der Waals surface area contributed by atoms with Crippen LogP contribution in [0.15, 0.2) is 42.7 Å². The van der Waals surface area contributed by atoms with Gasteiger partial charge in [-0.2, -0.15) is 0 Å². The Hall–Kier alpha value is -2.36. The number of hydrogen-bond acceptors (Lipinski definition) is 3. The number of aromatic hydroxyl groups is 1. The third-order valence-electron chi connectivity index (χ3n) is 2.26. The Bertz CT molecular complexity index is 553. The molecule has 0 saturated heterocycles. The van der Waals surface area contributed by atoms with Crippen LogP contribution >= 0.6 is 0 Å². The van der Waals surface area contributed by atoms with Crippen LogP contribution in [0.25, 0.3) is 0 Å². The number of benzene rings is 1. The molecule has 0 aliphatic carbocycles. The van der Waals surface area contributed by atoms with Gasteiger partial charge in [-0.15, -0.1) is 0 Å². The molecule has 1 aromatic heterocycles. The summed E-state index contributed by atoms with van der Waals surface area (Å²) in [5.41, 5.74) is 2.11. The second-order valence-electron chi connectivity index (χ2n) is 3.76. The molecule has 0 atom stereocenters. The highest BCUT2D eigenvalue weighted by atomic mass is 16.3. The van der Waals surface area contributed by atoms with Crippen LogP contribution in [0.4, 0.5) is 5.69 Å². The van der Waals surface area contributed by atoms with Crippen LogP contribution in [-0.4, -0.2) is 16.0 Å². The first kappa shape index (κ1) is 11.1. The topological polar surface area (TPSA) is 62.2 Å². The van der Waals surface area contributed by atoms with Gasteiger partial charge in [0, 0.05) is 11.9 Å². The van der Waals surface area contributed by atoms with Gasteiger partial charge >= 0.3 is 0 Å². The molecule has 4 heteroatoms. The fraction of sp³-hybridized carbons (Fsp3) is 0.0769. The number of nitrogens with one attached hydrogen (secondary N) is 1. The summed E-state index contributed by atoms with van der Waals surface area (Å²) < 4.78 is 0. The molecule has 1 amide bonds. The number of anilines is 1. The fourth-order valence-electron chi connectivity index (χ4n) is 1.48. The van der Waals surface area contributed by atoms with E-state index < -0.39 is 0 Å². The summed E-state index contributed by atoms with van der Waals surface area (Å²) in [7, 11) is 0. The summed E-state index contributed by atoms with van der Waals surface area (Å²) in [5, 5.41) is 12.0. The van der Waals surface area contributed by atoms with Gasteiger partial charge in [0.25, 0.3) is 5.91 Å². The molecule has 0 aliphatic rings. The van der Waals surface area contributed by atoms with Crippen molar-refractivity contribution in [3.8, 4) is 5.75 Å². The minimum Gasteiger partial charge on any atom is -0.506 e. The molecule has 0 saturated carbocycles. The highest BCUT2D eigenvalue weighted by Crippen LogP contribution is 2.13. The zero-order chi connectivity index (χ0) is 12.3. The van der Waals surface area contributed by atoms with Crippen molar-refractivity contribution in [1.82, 2.24) is 4.98 Å². The molecular weight excluding hydrogens is 216 g/mol. The quantitative estimate of drug-likeness (QED) is 0.829. The van der Waals surface area contributed by atoms with Crippen LogP contribution in [0.1, 0.15) is 15.9 Å². The Labute approximate surface area is 98.9 Å². The van der Waals surface area contributed by atoms with E-state index in [2.05, 4.69) is 10.3 Å². The summed E-state index contributed by atoms with van der Waals surface area (Å²) in [6.07, 6.45) is 2.69. The first-order chi connectivity index (χ1) is 8.15. The van der Waals surface area contributed by atoms with Gasteiger partial charge in [-0.25, -0.2) is 0 Å². The van der Waals surface area contributed by atoms with Crippen molar-refractivity contribution in [2.24, 2.45) is 0 Å². The predicted octanol–water partition coefficient (Wildman–Crippen LogP) is 2.35. The van der Waals surface area contributed by atoms with E-state index in [9.17, 15) is 9.90 Å². The van der Waals surface area contributed by atoms with Crippen molar-refractivity contribution in [2.75, 3.05) is 5.32 Å².